The second-order valence-electron chi connectivity index (χ2n) is 3.10. The molecule has 2 aromatic heterocycles. The third-order valence-electron chi connectivity index (χ3n) is 1.97. The monoisotopic (exact) mass is 209 g/mol. The molecule has 2 rings (SSSR count). The number of rotatable bonds is 4. The van der Waals surface area contributed by atoms with E-state index in [0.29, 0.717) is 36.8 Å². The first kappa shape index (κ1) is 9.78. The van der Waals surface area contributed by atoms with Crippen LogP contribution in [-0.4, -0.2) is 20.5 Å². The molecule has 0 aliphatic carbocycles. The Morgan fingerprint density at radius 2 is 1.93 bits per heavy atom. The van der Waals surface area contributed by atoms with Crippen molar-refractivity contribution in [2.75, 3.05) is 0 Å². The van der Waals surface area contributed by atoms with E-state index in [2.05, 4.69) is 25.1 Å². The van der Waals surface area contributed by atoms with E-state index in [0.717, 1.165) is 5.69 Å². The van der Waals surface area contributed by atoms with Crippen molar-refractivity contribution in [2.24, 2.45) is 5.73 Å². The lowest BCUT2D eigenvalue weighted by molar-refractivity contribution is 0.299. The standard InChI is InChI=1S/C8H11N5O2/c1-5-10-8(14-11-5)3-2-6-7(4-9)13-15-12-6/h2-4,9H2,1H3. The molecule has 2 heterocycles. The van der Waals surface area contributed by atoms with Gasteiger partial charge in [-0.1, -0.05) is 15.5 Å². The normalized spacial score (nSPS) is 10.8. The van der Waals surface area contributed by atoms with Crippen LogP contribution in [0.5, 0.6) is 0 Å². The van der Waals surface area contributed by atoms with Gasteiger partial charge in [-0.05, 0) is 6.92 Å². The van der Waals surface area contributed by atoms with Crippen LogP contribution in [0.3, 0.4) is 0 Å². The Kier molecular flexibility index (Phi) is 2.72. The van der Waals surface area contributed by atoms with Crippen LogP contribution in [0.1, 0.15) is 23.1 Å². The average molecular weight is 209 g/mol. The van der Waals surface area contributed by atoms with Crippen LogP contribution in [0.2, 0.25) is 0 Å². The summed E-state index contributed by atoms with van der Waals surface area (Å²) in [5.41, 5.74) is 6.87. The lowest BCUT2D eigenvalue weighted by Gasteiger charge is -1.92. The molecule has 0 spiro atoms. The molecule has 0 atom stereocenters. The summed E-state index contributed by atoms with van der Waals surface area (Å²) >= 11 is 0. The van der Waals surface area contributed by atoms with E-state index in [9.17, 15) is 0 Å². The molecule has 0 unspecified atom stereocenters. The van der Waals surface area contributed by atoms with Crippen LogP contribution in [0.15, 0.2) is 9.15 Å². The minimum absolute atomic E-state index is 0.321. The zero-order valence-corrected chi connectivity index (χ0v) is 8.30. The maximum absolute atomic E-state index is 5.45. The van der Waals surface area contributed by atoms with E-state index in [-0.39, 0.29) is 0 Å². The van der Waals surface area contributed by atoms with E-state index in [1.165, 1.54) is 0 Å². The maximum Gasteiger partial charge on any atom is 0.227 e. The van der Waals surface area contributed by atoms with E-state index < -0.39 is 0 Å². The highest BCUT2D eigenvalue weighted by molar-refractivity contribution is 5.07. The highest BCUT2D eigenvalue weighted by atomic mass is 16.6. The summed E-state index contributed by atoms with van der Waals surface area (Å²) in [5, 5.41) is 11.1. The van der Waals surface area contributed by atoms with E-state index in [1.807, 2.05) is 0 Å². The first-order valence-electron chi connectivity index (χ1n) is 4.59. The molecule has 0 radical (unpaired) electrons. The van der Waals surface area contributed by atoms with Gasteiger partial charge in [0, 0.05) is 19.4 Å². The maximum atomic E-state index is 5.45. The molecule has 0 aliphatic heterocycles. The summed E-state index contributed by atoms with van der Waals surface area (Å²) in [7, 11) is 0. The highest BCUT2D eigenvalue weighted by Gasteiger charge is 2.10. The fraction of sp³-hybridized carbons (Fsp3) is 0.500. The molecule has 0 fully saturated rings. The SMILES string of the molecule is Cc1noc(CCc2nonc2CN)n1. The van der Waals surface area contributed by atoms with Crippen molar-refractivity contribution in [1.82, 2.24) is 20.5 Å². The first-order chi connectivity index (χ1) is 7.29. The fourth-order valence-corrected chi connectivity index (χ4v) is 1.24. The summed E-state index contributed by atoms with van der Waals surface area (Å²) < 4.78 is 9.55. The smallest absolute Gasteiger partial charge is 0.227 e. The number of hydrogen-bond acceptors (Lipinski definition) is 7. The van der Waals surface area contributed by atoms with Gasteiger partial charge in [0.1, 0.15) is 11.4 Å². The summed E-state index contributed by atoms with van der Waals surface area (Å²) in [6.45, 7) is 2.09. The largest absolute Gasteiger partial charge is 0.339 e. The Bertz CT molecular complexity index is 436. The molecule has 0 aromatic carbocycles. The molecule has 0 saturated carbocycles. The first-order valence-corrected chi connectivity index (χ1v) is 4.59. The summed E-state index contributed by atoms with van der Waals surface area (Å²) in [6, 6.07) is 0. The third-order valence-corrected chi connectivity index (χ3v) is 1.97. The number of aromatic nitrogens is 4. The Morgan fingerprint density at radius 3 is 2.60 bits per heavy atom. The predicted octanol–water partition coefficient (Wildman–Crippen LogP) is 0.00492. The van der Waals surface area contributed by atoms with Crippen molar-refractivity contribution in [2.45, 2.75) is 26.3 Å². The number of nitrogens with two attached hydrogens (primary N) is 1. The predicted molar refractivity (Wildman–Crippen MR) is 48.6 cm³/mol. The molecule has 7 nitrogen and oxygen atoms in total. The molecular weight excluding hydrogens is 198 g/mol. The lowest BCUT2D eigenvalue weighted by Crippen LogP contribution is -2.02. The summed E-state index contributed by atoms with van der Waals surface area (Å²) in [4.78, 5) is 4.08. The van der Waals surface area contributed by atoms with Crippen molar-refractivity contribution in [1.29, 1.82) is 0 Å². The van der Waals surface area contributed by atoms with Gasteiger partial charge in [0.15, 0.2) is 5.82 Å². The number of hydrogen-bond donors (Lipinski definition) is 1. The van der Waals surface area contributed by atoms with Gasteiger partial charge >= 0.3 is 0 Å². The topological polar surface area (TPSA) is 104 Å². The zero-order valence-electron chi connectivity index (χ0n) is 8.30. The molecule has 15 heavy (non-hydrogen) atoms. The zero-order chi connectivity index (χ0) is 10.7. The molecule has 2 N–H and O–H groups in total. The summed E-state index contributed by atoms with van der Waals surface area (Å²) in [5.74, 6) is 1.21. The van der Waals surface area contributed by atoms with E-state index >= 15 is 0 Å². The van der Waals surface area contributed by atoms with Crippen LogP contribution in [-0.2, 0) is 19.4 Å². The second-order valence-corrected chi connectivity index (χ2v) is 3.10. The Hall–Kier alpha value is -1.76. The van der Waals surface area contributed by atoms with Crippen LogP contribution in [0, 0.1) is 6.92 Å². The third kappa shape index (κ3) is 2.18. The van der Waals surface area contributed by atoms with Gasteiger partial charge in [-0.15, -0.1) is 0 Å². The van der Waals surface area contributed by atoms with Gasteiger partial charge in [0.05, 0.1) is 0 Å². The molecule has 2 aromatic rings. The Labute approximate surface area is 85.6 Å². The van der Waals surface area contributed by atoms with E-state index in [4.69, 9.17) is 10.3 Å². The molecule has 0 aliphatic rings. The molecule has 7 heteroatoms. The van der Waals surface area contributed by atoms with Gasteiger partial charge in [0.25, 0.3) is 0 Å². The van der Waals surface area contributed by atoms with Crippen molar-refractivity contribution < 1.29 is 9.15 Å². The van der Waals surface area contributed by atoms with Crippen LogP contribution in [0.4, 0.5) is 0 Å². The molecule has 80 valence electrons. The quantitative estimate of drug-likeness (QED) is 0.755. The van der Waals surface area contributed by atoms with Gasteiger partial charge < -0.3 is 10.3 Å². The van der Waals surface area contributed by atoms with Crippen LogP contribution in [0.25, 0.3) is 0 Å². The Morgan fingerprint density at radius 1 is 1.13 bits per heavy atom. The van der Waals surface area contributed by atoms with E-state index in [1.54, 1.807) is 6.92 Å². The molecule has 0 amide bonds. The minimum atomic E-state index is 0.321. The number of nitrogens with zero attached hydrogens (tertiary/aromatic N) is 4. The fourth-order valence-electron chi connectivity index (χ4n) is 1.24. The van der Waals surface area contributed by atoms with Crippen LogP contribution < -0.4 is 5.73 Å². The second kappa shape index (κ2) is 4.18. The molecule has 0 bridgehead atoms. The lowest BCUT2D eigenvalue weighted by atomic mass is 10.2. The summed E-state index contributed by atoms with van der Waals surface area (Å²) in [6.07, 6.45) is 1.25. The highest BCUT2D eigenvalue weighted by Crippen LogP contribution is 2.06. The van der Waals surface area contributed by atoms with Crippen molar-refractivity contribution >= 4 is 0 Å². The molecular formula is C8H11N5O2. The minimum Gasteiger partial charge on any atom is -0.339 e. The van der Waals surface area contributed by atoms with Crippen molar-refractivity contribution in [3.63, 3.8) is 0 Å². The van der Waals surface area contributed by atoms with Crippen molar-refractivity contribution in [3.8, 4) is 0 Å². The van der Waals surface area contributed by atoms with Gasteiger partial charge in [-0.25, -0.2) is 4.63 Å². The van der Waals surface area contributed by atoms with Gasteiger partial charge in [0.2, 0.25) is 5.89 Å². The number of aryl methyl sites for hydroxylation is 3. The Balaban J connectivity index is 1.98. The average Bonchev–Trinajstić information content (AvgIpc) is 2.83. The van der Waals surface area contributed by atoms with Crippen LogP contribution >= 0.6 is 0 Å². The van der Waals surface area contributed by atoms with Crippen molar-refractivity contribution in [3.05, 3.63) is 23.1 Å². The molecule has 0 saturated heterocycles. The van der Waals surface area contributed by atoms with Gasteiger partial charge in [-0.3, -0.25) is 0 Å². The van der Waals surface area contributed by atoms with Gasteiger partial charge in [-0.2, -0.15) is 4.98 Å².